The fraction of sp³-hybridized carbons (Fsp3) is 0.154. The van der Waals surface area contributed by atoms with E-state index in [0.29, 0.717) is 10.3 Å². The van der Waals surface area contributed by atoms with Crippen LogP contribution in [0.3, 0.4) is 0 Å². The summed E-state index contributed by atoms with van der Waals surface area (Å²) < 4.78 is 0. The molecule has 2 rings (SSSR count). The van der Waals surface area contributed by atoms with E-state index in [0.717, 1.165) is 10.7 Å². The number of aromatic nitrogens is 1. The van der Waals surface area contributed by atoms with E-state index in [2.05, 4.69) is 18.0 Å². The molecule has 1 heterocycles. The Labute approximate surface area is 110 Å². The van der Waals surface area contributed by atoms with Gasteiger partial charge in [0.15, 0.2) is 0 Å². The van der Waals surface area contributed by atoms with Gasteiger partial charge in [0.1, 0.15) is 0 Å². The topological polar surface area (TPSA) is 38.9 Å². The van der Waals surface area contributed by atoms with Crippen LogP contribution in [0.25, 0.3) is 0 Å². The fourth-order valence-corrected chi connectivity index (χ4v) is 2.51. The lowest BCUT2D eigenvalue weighted by Gasteiger charge is -2.11. The van der Waals surface area contributed by atoms with Crippen LogP contribution < -0.4 is 5.73 Å². The molecule has 0 saturated heterocycles. The molecule has 1 atom stereocenters. The van der Waals surface area contributed by atoms with E-state index in [1.807, 2.05) is 30.3 Å². The largest absolute Gasteiger partial charge is 0.399 e. The molecule has 0 aliphatic carbocycles. The molecule has 0 radical (unpaired) electrons. The summed E-state index contributed by atoms with van der Waals surface area (Å²) in [5, 5.41) is 1.93. The van der Waals surface area contributed by atoms with Crippen molar-refractivity contribution >= 4 is 29.1 Å². The third-order valence-corrected chi connectivity index (χ3v) is 3.71. The average Bonchev–Trinajstić information content (AvgIpc) is 2.32. The summed E-state index contributed by atoms with van der Waals surface area (Å²) in [5.41, 5.74) is 7.76. The predicted molar refractivity (Wildman–Crippen MR) is 74.4 cm³/mol. The first-order chi connectivity index (χ1) is 8.15. The standard InChI is InChI=1S/C13H13ClN2S/c1-9(10-3-2-4-12(15)7-10)17-13-6-5-11(14)8-16-13/h2-9H,15H2,1H3. The van der Waals surface area contributed by atoms with Gasteiger partial charge in [-0.25, -0.2) is 4.98 Å². The second-order valence-electron chi connectivity index (χ2n) is 3.74. The van der Waals surface area contributed by atoms with Crippen LogP contribution in [0.15, 0.2) is 47.6 Å². The Kier molecular flexibility index (Phi) is 3.92. The number of thioether (sulfide) groups is 1. The van der Waals surface area contributed by atoms with E-state index >= 15 is 0 Å². The van der Waals surface area contributed by atoms with E-state index in [1.165, 1.54) is 5.56 Å². The minimum Gasteiger partial charge on any atom is -0.399 e. The first-order valence-corrected chi connectivity index (χ1v) is 6.54. The molecule has 0 aliphatic rings. The predicted octanol–water partition coefficient (Wildman–Crippen LogP) is 4.17. The highest BCUT2D eigenvalue weighted by Crippen LogP contribution is 2.34. The molecule has 2 N–H and O–H groups in total. The highest BCUT2D eigenvalue weighted by molar-refractivity contribution is 7.99. The lowest BCUT2D eigenvalue weighted by atomic mass is 10.1. The smallest absolute Gasteiger partial charge is 0.0966 e. The minimum atomic E-state index is 0.312. The van der Waals surface area contributed by atoms with Crippen LogP contribution >= 0.6 is 23.4 Å². The van der Waals surface area contributed by atoms with Crippen LogP contribution in [0.1, 0.15) is 17.7 Å². The van der Waals surface area contributed by atoms with Crippen molar-refractivity contribution in [3.63, 3.8) is 0 Å². The fourth-order valence-electron chi connectivity index (χ4n) is 1.49. The van der Waals surface area contributed by atoms with Gasteiger partial charge in [-0.05, 0) is 36.8 Å². The maximum Gasteiger partial charge on any atom is 0.0966 e. The Morgan fingerprint density at radius 2 is 2.12 bits per heavy atom. The average molecular weight is 265 g/mol. The van der Waals surface area contributed by atoms with Crippen molar-refractivity contribution in [1.29, 1.82) is 0 Å². The highest BCUT2D eigenvalue weighted by atomic mass is 35.5. The third-order valence-electron chi connectivity index (χ3n) is 2.38. The number of nitrogens with zero attached hydrogens (tertiary/aromatic N) is 1. The molecule has 1 aromatic heterocycles. The van der Waals surface area contributed by atoms with Gasteiger partial charge >= 0.3 is 0 Å². The summed E-state index contributed by atoms with van der Waals surface area (Å²) in [6, 6.07) is 11.7. The molecule has 1 unspecified atom stereocenters. The summed E-state index contributed by atoms with van der Waals surface area (Å²) >= 11 is 7.49. The Morgan fingerprint density at radius 1 is 1.29 bits per heavy atom. The first-order valence-electron chi connectivity index (χ1n) is 5.29. The van der Waals surface area contributed by atoms with Gasteiger partial charge in [0, 0.05) is 17.1 Å². The molecule has 0 spiro atoms. The lowest BCUT2D eigenvalue weighted by Crippen LogP contribution is -1.92. The van der Waals surface area contributed by atoms with Crippen LogP contribution in [0.5, 0.6) is 0 Å². The van der Waals surface area contributed by atoms with Crippen molar-refractivity contribution in [1.82, 2.24) is 4.98 Å². The van der Waals surface area contributed by atoms with Crippen LogP contribution in [-0.4, -0.2) is 4.98 Å². The zero-order valence-electron chi connectivity index (χ0n) is 9.43. The van der Waals surface area contributed by atoms with Crippen molar-refractivity contribution in [2.75, 3.05) is 5.73 Å². The molecular weight excluding hydrogens is 252 g/mol. The number of nitrogen functional groups attached to an aromatic ring is 1. The maximum atomic E-state index is 5.80. The van der Waals surface area contributed by atoms with Crippen molar-refractivity contribution in [2.24, 2.45) is 0 Å². The number of halogens is 1. The molecule has 0 amide bonds. The number of anilines is 1. The van der Waals surface area contributed by atoms with Crippen LogP contribution in [-0.2, 0) is 0 Å². The van der Waals surface area contributed by atoms with Crippen molar-refractivity contribution in [3.8, 4) is 0 Å². The molecule has 0 fully saturated rings. The number of benzene rings is 1. The summed E-state index contributed by atoms with van der Waals surface area (Å²) in [5.74, 6) is 0. The van der Waals surface area contributed by atoms with Crippen LogP contribution in [0.2, 0.25) is 5.02 Å². The Morgan fingerprint density at radius 3 is 2.76 bits per heavy atom. The summed E-state index contributed by atoms with van der Waals surface area (Å²) in [4.78, 5) is 4.27. The van der Waals surface area contributed by atoms with Crippen molar-refractivity contribution < 1.29 is 0 Å². The monoisotopic (exact) mass is 264 g/mol. The molecule has 0 aliphatic heterocycles. The summed E-state index contributed by atoms with van der Waals surface area (Å²) in [6.07, 6.45) is 1.66. The van der Waals surface area contributed by atoms with Gasteiger partial charge in [0.2, 0.25) is 0 Å². The second kappa shape index (κ2) is 5.43. The van der Waals surface area contributed by atoms with Gasteiger partial charge in [-0.3, -0.25) is 0 Å². The maximum absolute atomic E-state index is 5.80. The van der Waals surface area contributed by atoms with Crippen LogP contribution in [0, 0.1) is 0 Å². The summed E-state index contributed by atoms with van der Waals surface area (Å²) in [7, 11) is 0. The van der Waals surface area contributed by atoms with E-state index in [4.69, 9.17) is 17.3 Å². The molecule has 88 valence electrons. The molecule has 2 aromatic rings. The quantitative estimate of drug-likeness (QED) is 0.668. The van der Waals surface area contributed by atoms with Gasteiger partial charge in [-0.1, -0.05) is 35.5 Å². The minimum absolute atomic E-state index is 0.312. The van der Waals surface area contributed by atoms with Gasteiger partial charge in [0.05, 0.1) is 10.0 Å². The molecule has 0 bridgehead atoms. The molecule has 1 aromatic carbocycles. The number of hydrogen-bond acceptors (Lipinski definition) is 3. The lowest BCUT2D eigenvalue weighted by molar-refractivity contribution is 1.06. The van der Waals surface area contributed by atoms with Crippen molar-refractivity contribution in [2.45, 2.75) is 17.2 Å². The number of hydrogen-bond donors (Lipinski definition) is 1. The van der Waals surface area contributed by atoms with E-state index in [9.17, 15) is 0 Å². The van der Waals surface area contributed by atoms with E-state index in [1.54, 1.807) is 18.0 Å². The van der Waals surface area contributed by atoms with Gasteiger partial charge in [-0.2, -0.15) is 0 Å². The molecule has 0 saturated carbocycles. The Balaban J connectivity index is 2.11. The molecule has 2 nitrogen and oxygen atoms in total. The number of pyridine rings is 1. The first kappa shape index (κ1) is 12.3. The molecule has 4 heteroatoms. The number of rotatable bonds is 3. The molecular formula is C13H13ClN2S. The SMILES string of the molecule is CC(Sc1ccc(Cl)cn1)c1cccc(N)c1. The zero-order chi connectivity index (χ0) is 12.3. The Bertz CT molecular complexity index is 499. The highest BCUT2D eigenvalue weighted by Gasteiger charge is 2.08. The second-order valence-corrected chi connectivity index (χ2v) is 5.54. The Hall–Kier alpha value is -1.19. The molecule has 17 heavy (non-hydrogen) atoms. The van der Waals surface area contributed by atoms with Crippen LogP contribution in [0.4, 0.5) is 5.69 Å². The van der Waals surface area contributed by atoms with Crippen molar-refractivity contribution in [3.05, 3.63) is 53.2 Å². The summed E-state index contributed by atoms with van der Waals surface area (Å²) in [6.45, 7) is 2.13. The van der Waals surface area contributed by atoms with Gasteiger partial charge in [0.25, 0.3) is 0 Å². The third kappa shape index (κ3) is 3.38. The van der Waals surface area contributed by atoms with E-state index in [-0.39, 0.29) is 0 Å². The normalized spacial score (nSPS) is 12.4. The van der Waals surface area contributed by atoms with E-state index < -0.39 is 0 Å². The number of nitrogens with two attached hydrogens (primary N) is 1. The van der Waals surface area contributed by atoms with Gasteiger partial charge < -0.3 is 5.73 Å². The zero-order valence-corrected chi connectivity index (χ0v) is 11.0. The van der Waals surface area contributed by atoms with Gasteiger partial charge in [-0.15, -0.1) is 0 Å².